The molecule has 4 heteroatoms. The first-order chi connectivity index (χ1) is 8.76. The van der Waals surface area contributed by atoms with Crippen LogP contribution < -0.4 is 15.2 Å². The lowest BCUT2D eigenvalue weighted by Gasteiger charge is -2.17. The molecule has 2 aromatic rings. The molecule has 0 saturated heterocycles. The second-order valence-electron chi connectivity index (χ2n) is 4.02. The van der Waals surface area contributed by atoms with Gasteiger partial charge in [0.25, 0.3) is 0 Å². The average Bonchev–Trinajstić information content (AvgIpc) is 2.90. The van der Waals surface area contributed by atoms with Crippen molar-refractivity contribution in [1.82, 2.24) is 0 Å². The van der Waals surface area contributed by atoms with Crippen LogP contribution in [0.5, 0.6) is 11.5 Å². The number of hydrogen-bond donors (Lipinski definition) is 1. The topological polar surface area (TPSA) is 57.6 Å². The van der Waals surface area contributed by atoms with Crippen molar-refractivity contribution in [3.05, 3.63) is 47.9 Å². The fraction of sp³-hybridized carbons (Fsp3) is 0.286. The monoisotopic (exact) mass is 247 g/mol. The zero-order valence-electron chi connectivity index (χ0n) is 10.6. The minimum atomic E-state index is -0.160. The maximum absolute atomic E-state index is 6.21. The van der Waals surface area contributed by atoms with Gasteiger partial charge in [-0.05, 0) is 24.1 Å². The van der Waals surface area contributed by atoms with Crippen LogP contribution in [0.25, 0.3) is 0 Å². The molecule has 0 aliphatic rings. The summed E-state index contributed by atoms with van der Waals surface area (Å²) < 4.78 is 15.7. The Morgan fingerprint density at radius 2 is 2.06 bits per heavy atom. The van der Waals surface area contributed by atoms with Gasteiger partial charge < -0.3 is 19.6 Å². The van der Waals surface area contributed by atoms with Crippen molar-refractivity contribution in [2.75, 3.05) is 14.2 Å². The predicted octanol–water partition coefficient (Wildman–Crippen LogP) is 2.54. The van der Waals surface area contributed by atoms with E-state index in [4.69, 9.17) is 19.6 Å². The number of benzene rings is 1. The largest absolute Gasteiger partial charge is 0.493 e. The first-order valence-electron chi connectivity index (χ1n) is 5.73. The maximum Gasteiger partial charge on any atom is 0.165 e. The number of nitrogens with two attached hydrogens (primary N) is 1. The van der Waals surface area contributed by atoms with Gasteiger partial charge in [0.1, 0.15) is 0 Å². The molecule has 0 fully saturated rings. The number of hydrogen-bond acceptors (Lipinski definition) is 4. The lowest BCUT2D eigenvalue weighted by Crippen LogP contribution is -2.14. The Morgan fingerprint density at radius 1 is 1.22 bits per heavy atom. The summed E-state index contributed by atoms with van der Waals surface area (Å²) >= 11 is 0. The van der Waals surface area contributed by atoms with Crippen molar-refractivity contribution < 1.29 is 13.9 Å². The Hall–Kier alpha value is -1.94. The third kappa shape index (κ3) is 2.49. The van der Waals surface area contributed by atoms with Gasteiger partial charge in [-0.2, -0.15) is 0 Å². The summed E-state index contributed by atoms with van der Waals surface area (Å²) in [7, 11) is 3.23. The number of furan rings is 1. The zero-order chi connectivity index (χ0) is 13.0. The quantitative estimate of drug-likeness (QED) is 0.882. The first-order valence-corrected chi connectivity index (χ1v) is 5.73. The van der Waals surface area contributed by atoms with E-state index < -0.39 is 0 Å². The van der Waals surface area contributed by atoms with E-state index in [2.05, 4.69) is 0 Å². The van der Waals surface area contributed by atoms with E-state index in [9.17, 15) is 0 Å². The molecule has 0 radical (unpaired) electrons. The van der Waals surface area contributed by atoms with E-state index in [1.165, 1.54) is 0 Å². The SMILES string of the molecule is COc1cccc(C(N)Cc2ccoc2)c1OC. The Bertz CT molecular complexity index is 494. The number of para-hydroxylation sites is 1. The Balaban J connectivity index is 2.26. The molecule has 1 aromatic heterocycles. The summed E-state index contributed by atoms with van der Waals surface area (Å²) in [5.74, 6) is 1.38. The molecular weight excluding hydrogens is 230 g/mol. The minimum absolute atomic E-state index is 0.160. The van der Waals surface area contributed by atoms with E-state index in [1.807, 2.05) is 24.3 Å². The average molecular weight is 247 g/mol. The Labute approximate surface area is 106 Å². The second kappa shape index (κ2) is 5.60. The molecule has 2 N–H and O–H groups in total. The summed E-state index contributed by atoms with van der Waals surface area (Å²) in [5, 5.41) is 0. The normalized spacial score (nSPS) is 12.2. The van der Waals surface area contributed by atoms with Gasteiger partial charge >= 0.3 is 0 Å². The van der Waals surface area contributed by atoms with Gasteiger partial charge in [0.2, 0.25) is 0 Å². The van der Waals surface area contributed by atoms with Crippen molar-refractivity contribution in [1.29, 1.82) is 0 Å². The number of rotatable bonds is 5. The molecule has 0 saturated carbocycles. The Kier molecular flexibility index (Phi) is 3.89. The molecule has 4 nitrogen and oxygen atoms in total. The molecule has 1 heterocycles. The highest BCUT2D eigenvalue weighted by molar-refractivity contribution is 5.48. The molecular formula is C14H17NO3. The van der Waals surface area contributed by atoms with Gasteiger partial charge in [-0.1, -0.05) is 12.1 Å². The highest BCUT2D eigenvalue weighted by Crippen LogP contribution is 2.34. The van der Waals surface area contributed by atoms with Crippen molar-refractivity contribution in [2.24, 2.45) is 5.73 Å². The highest BCUT2D eigenvalue weighted by atomic mass is 16.5. The van der Waals surface area contributed by atoms with Crippen LogP contribution in [0.4, 0.5) is 0 Å². The first kappa shape index (κ1) is 12.5. The number of methoxy groups -OCH3 is 2. The van der Waals surface area contributed by atoms with Crippen LogP contribution in [-0.4, -0.2) is 14.2 Å². The number of ether oxygens (including phenoxy) is 2. The van der Waals surface area contributed by atoms with Crippen molar-refractivity contribution in [2.45, 2.75) is 12.5 Å². The van der Waals surface area contributed by atoms with Gasteiger partial charge in [0.05, 0.1) is 26.7 Å². The molecule has 0 amide bonds. The second-order valence-corrected chi connectivity index (χ2v) is 4.02. The smallest absolute Gasteiger partial charge is 0.165 e. The summed E-state index contributed by atoms with van der Waals surface area (Å²) in [5.41, 5.74) is 8.20. The molecule has 0 aliphatic carbocycles. The van der Waals surface area contributed by atoms with Crippen LogP contribution in [0.2, 0.25) is 0 Å². The fourth-order valence-electron chi connectivity index (χ4n) is 1.98. The van der Waals surface area contributed by atoms with E-state index in [0.29, 0.717) is 17.9 Å². The van der Waals surface area contributed by atoms with Gasteiger partial charge in [-0.3, -0.25) is 0 Å². The van der Waals surface area contributed by atoms with Gasteiger partial charge in [-0.25, -0.2) is 0 Å². The van der Waals surface area contributed by atoms with Crippen molar-refractivity contribution >= 4 is 0 Å². The van der Waals surface area contributed by atoms with E-state index in [-0.39, 0.29) is 6.04 Å². The lowest BCUT2D eigenvalue weighted by molar-refractivity contribution is 0.349. The Morgan fingerprint density at radius 3 is 2.67 bits per heavy atom. The van der Waals surface area contributed by atoms with Crippen LogP contribution in [-0.2, 0) is 6.42 Å². The third-order valence-corrected chi connectivity index (χ3v) is 2.87. The molecule has 1 atom stereocenters. The van der Waals surface area contributed by atoms with Gasteiger partial charge in [0, 0.05) is 11.6 Å². The summed E-state index contributed by atoms with van der Waals surface area (Å²) in [6.45, 7) is 0. The summed E-state index contributed by atoms with van der Waals surface area (Å²) in [4.78, 5) is 0. The predicted molar refractivity (Wildman–Crippen MR) is 68.9 cm³/mol. The summed E-state index contributed by atoms with van der Waals surface area (Å²) in [6.07, 6.45) is 4.04. The molecule has 2 rings (SSSR count). The molecule has 0 aliphatic heterocycles. The highest BCUT2D eigenvalue weighted by Gasteiger charge is 2.16. The minimum Gasteiger partial charge on any atom is -0.493 e. The molecule has 18 heavy (non-hydrogen) atoms. The maximum atomic E-state index is 6.21. The van der Waals surface area contributed by atoms with Crippen LogP contribution in [0.15, 0.2) is 41.2 Å². The zero-order valence-corrected chi connectivity index (χ0v) is 10.6. The molecule has 0 spiro atoms. The van der Waals surface area contributed by atoms with Crippen molar-refractivity contribution in [3.8, 4) is 11.5 Å². The van der Waals surface area contributed by atoms with Crippen LogP contribution in [0.3, 0.4) is 0 Å². The standard InChI is InChI=1S/C14H17NO3/c1-16-13-5-3-4-11(14(13)17-2)12(15)8-10-6-7-18-9-10/h3-7,9,12H,8,15H2,1-2H3. The van der Waals surface area contributed by atoms with Crippen LogP contribution in [0, 0.1) is 0 Å². The van der Waals surface area contributed by atoms with Crippen LogP contribution in [0.1, 0.15) is 17.2 Å². The third-order valence-electron chi connectivity index (χ3n) is 2.87. The van der Waals surface area contributed by atoms with Gasteiger partial charge in [-0.15, -0.1) is 0 Å². The molecule has 0 bridgehead atoms. The van der Waals surface area contributed by atoms with E-state index in [1.54, 1.807) is 26.7 Å². The van der Waals surface area contributed by atoms with Gasteiger partial charge in [0.15, 0.2) is 11.5 Å². The fourth-order valence-corrected chi connectivity index (χ4v) is 1.98. The van der Waals surface area contributed by atoms with Crippen molar-refractivity contribution in [3.63, 3.8) is 0 Å². The van der Waals surface area contributed by atoms with Crippen LogP contribution >= 0.6 is 0 Å². The molecule has 1 unspecified atom stereocenters. The lowest BCUT2D eigenvalue weighted by atomic mass is 10.00. The summed E-state index contributed by atoms with van der Waals surface area (Å²) in [6, 6.07) is 7.46. The molecule has 96 valence electrons. The molecule has 1 aromatic carbocycles. The van der Waals surface area contributed by atoms with E-state index >= 15 is 0 Å². The van der Waals surface area contributed by atoms with E-state index in [0.717, 1.165) is 11.1 Å².